The molecule has 0 heterocycles. The second kappa shape index (κ2) is 7.23. The van der Waals surface area contributed by atoms with Gasteiger partial charge in [-0.05, 0) is 63.6 Å². The maximum atomic E-state index is 11.9. The molecule has 118 valence electrons. The summed E-state index contributed by atoms with van der Waals surface area (Å²) >= 11 is 5.13. The van der Waals surface area contributed by atoms with E-state index in [1.54, 1.807) is 0 Å². The van der Waals surface area contributed by atoms with Gasteiger partial charge < -0.3 is 9.29 Å². The molecular weight excluding hydrogens is 306 g/mol. The number of benzene rings is 1. The third-order valence-corrected chi connectivity index (χ3v) is 5.26. The molecule has 21 heavy (non-hydrogen) atoms. The number of hydrogen-bond acceptors (Lipinski definition) is 3. The summed E-state index contributed by atoms with van der Waals surface area (Å²) in [5.41, 5.74) is 1.14. The molecule has 1 unspecified atom stereocenters. The Labute approximate surface area is 135 Å². The molecule has 0 spiro atoms. The molecule has 1 fully saturated rings. The van der Waals surface area contributed by atoms with Gasteiger partial charge in [0, 0.05) is 17.9 Å². The van der Waals surface area contributed by atoms with E-state index in [4.69, 9.17) is 16.3 Å². The SMILES string of the molecule is CC(C)(C)[S+]([O-])NCCc1ccc(Cl)c(OCC2CC2)c1. The monoisotopic (exact) mass is 329 g/mol. The third kappa shape index (κ3) is 5.70. The summed E-state index contributed by atoms with van der Waals surface area (Å²) in [7, 11) is 0. The summed E-state index contributed by atoms with van der Waals surface area (Å²) in [5, 5.41) is 0.658. The number of nitrogens with one attached hydrogen (secondary N) is 1. The topological polar surface area (TPSA) is 44.3 Å². The van der Waals surface area contributed by atoms with E-state index in [2.05, 4.69) is 4.72 Å². The first kappa shape index (κ1) is 16.9. The summed E-state index contributed by atoms with van der Waals surface area (Å²) in [4.78, 5) is 0. The van der Waals surface area contributed by atoms with E-state index in [-0.39, 0.29) is 4.75 Å². The van der Waals surface area contributed by atoms with E-state index in [1.807, 2.05) is 39.0 Å². The quantitative estimate of drug-likeness (QED) is 0.775. The van der Waals surface area contributed by atoms with Gasteiger partial charge in [-0.2, -0.15) is 0 Å². The van der Waals surface area contributed by atoms with Crippen LogP contribution in [0.2, 0.25) is 5.02 Å². The number of halogens is 1. The molecular formula is C16H24ClNO2S. The number of rotatable bonds is 7. The Morgan fingerprint density at radius 1 is 1.38 bits per heavy atom. The van der Waals surface area contributed by atoms with Gasteiger partial charge in [-0.1, -0.05) is 17.7 Å². The lowest BCUT2D eigenvalue weighted by molar-refractivity contribution is 0.299. The second-order valence-corrected chi connectivity index (χ2v) is 9.00. The van der Waals surface area contributed by atoms with E-state index >= 15 is 0 Å². The summed E-state index contributed by atoms with van der Waals surface area (Å²) in [5.74, 6) is 1.47. The zero-order chi connectivity index (χ0) is 15.5. The van der Waals surface area contributed by atoms with Crippen LogP contribution in [-0.4, -0.2) is 22.5 Å². The van der Waals surface area contributed by atoms with Gasteiger partial charge in [0.1, 0.15) is 10.5 Å². The van der Waals surface area contributed by atoms with Crippen molar-refractivity contribution >= 4 is 23.0 Å². The Balaban J connectivity index is 1.83. The van der Waals surface area contributed by atoms with Crippen molar-refractivity contribution in [2.45, 2.75) is 44.8 Å². The molecule has 0 saturated heterocycles. The van der Waals surface area contributed by atoms with Crippen LogP contribution >= 0.6 is 11.6 Å². The van der Waals surface area contributed by atoms with Crippen molar-refractivity contribution in [2.24, 2.45) is 5.92 Å². The lowest BCUT2D eigenvalue weighted by Gasteiger charge is -2.23. The van der Waals surface area contributed by atoms with Crippen molar-refractivity contribution in [3.8, 4) is 5.75 Å². The average Bonchev–Trinajstić information content (AvgIpc) is 3.22. The maximum Gasteiger partial charge on any atom is 0.138 e. The predicted octanol–water partition coefficient (Wildman–Crippen LogP) is 3.72. The van der Waals surface area contributed by atoms with Crippen molar-refractivity contribution < 1.29 is 9.29 Å². The zero-order valence-electron chi connectivity index (χ0n) is 12.9. The normalized spacial score (nSPS) is 16.8. The molecule has 0 aliphatic heterocycles. The molecule has 1 aliphatic carbocycles. The molecule has 1 aliphatic rings. The van der Waals surface area contributed by atoms with Gasteiger partial charge >= 0.3 is 0 Å². The van der Waals surface area contributed by atoms with Gasteiger partial charge in [-0.15, -0.1) is 4.72 Å². The Morgan fingerprint density at radius 2 is 2.10 bits per heavy atom. The van der Waals surface area contributed by atoms with Crippen LogP contribution < -0.4 is 9.46 Å². The second-order valence-electron chi connectivity index (χ2n) is 6.54. The van der Waals surface area contributed by atoms with Crippen LogP contribution in [0.15, 0.2) is 18.2 Å². The highest BCUT2D eigenvalue weighted by atomic mass is 35.5. The molecule has 1 N–H and O–H groups in total. The van der Waals surface area contributed by atoms with Crippen LogP contribution in [-0.2, 0) is 17.8 Å². The highest BCUT2D eigenvalue weighted by molar-refractivity contribution is 7.90. The van der Waals surface area contributed by atoms with E-state index in [0.717, 1.165) is 24.3 Å². The first-order chi connectivity index (χ1) is 9.86. The van der Waals surface area contributed by atoms with Crippen LogP contribution in [0.5, 0.6) is 5.75 Å². The summed E-state index contributed by atoms with van der Waals surface area (Å²) in [6, 6.07) is 5.86. The molecule has 1 saturated carbocycles. The first-order valence-corrected chi connectivity index (χ1v) is 8.95. The Bertz CT molecular complexity index is 472. The maximum absolute atomic E-state index is 11.9. The molecule has 0 amide bonds. The summed E-state index contributed by atoms with van der Waals surface area (Å²) < 4.78 is 20.5. The number of ether oxygens (including phenoxy) is 1. The lowest BCUT2D eigenvalue weighted by atomic mass is 10.1. The van der Waals surface area contributed by atoms with Crippen LogP contribution in [0.1, 0.15) is 39.2 Å². The molecule has 1 aromatic rings. The van der Waals surface area contributed by atoms with Crippen molar-refractivity contribution in [3.05, 3.63) is 28.8 Å². The molecule has 0 bridgehead atoms. The first-order valence-electron chi connectivity index (χ1n) is 7.43. The smallest absolute Gasteiger partial charge is 0.138 e. The summed E-state index contributed by atoms with van der Waals surface area (Å²) in [6.45, 7) is 7.32. The molecule has 2 rings (SSSR count). The predicted molar refractivity (Wildman–Crippen MR) is 89.3 cm³/mol. The number of hydrogen-bond donors (Lipinski definition) is 1. The van der Waals surface area contributed by atoms with Crippen molar-refractivity contribution in [2.75, 3.05) is 13.2 Å². The van der Waals surface area contributed by atoms with Crippen molar-refractivity contribution in [1.29, 1.82) is 0 Å². The van der Waals surface area contributed by atoms with E-state index in [0.29, 0.717) is 17.5 Å². The van der Waals surface area contributed by atoms with Gasteiger partial charge in [-0.3, -0.25) is 0 Å². The highest BCUT2D eigenvalue weighted by Gasteiger charge is 2.25. The largest absolute Gasteiger partial charge is 0.598 e. The van der Waals surface area contributed by atoms with Gasteiger partial charge in [0.25, 0.3) is 0 Å². The van der Waals surface area contributed by atoms with Gasteiger partial charge in [0.05, 0.1) is 11.6 Å². The lowest BCUT2D eigenvalue weighted by Crippen LogP contribution is -2.40. The van der Waals surface area contributed by atoms with Crippen molar-refractivity contribution in [1.82, 2.24) is 4.72 Å². The van der Waals surface area contributed by atoms with Crippen LogP contribution in [0.4, 0.5) is 0 Å². The van der Waals surface area contributed by atoms with E-state index in [9.17, 15) is 4.55 Å². The fourth-order valence-corrected chi connectivity index (χ4v) is 2.70. The van der Waals surface area contributed by atoms with Gasteiger partial charge in [-0.25, -0.2) is 0 Å². The van der Waals surface area contributed by atoms with Crippen LogP contribution in [0, 0.1) is 5.92 Å². The standard InChI is InChI=1S/C16H24ClNO2S/c1-16(2,3)21(19)18-9-8-12-6-7-14(17)15(10-12)20-11-13-4-5-13/h6-7,10,13,18H,4-5,8-9,11H2,1-3H3. The third-order valence-electron chi connectivity index (χ3n) is 3.37. The summed E-state index contributed by atoms with van der Waals surface area (Å²) in [6.07, 6.45) is 3.33. The Kier molecular flexibility index (Phi) is 5.83. The van der Waals surface area contributed by atoms with Gasteiger partial charge in [0.15, 0.2) is 0 Å². The minimum Gasteiger partial charge on any atom is -0.598 e. The van der Waals surface area contributed by atoms with Crippen LogP contribution in [0.25, 0.3) is 0 Å². The Hall–Kier alpha value is -0.420. The minimum atomic E-state index is -1.03. The molecule has 1 atom stereocenters. The molecule has 0 aromatic heterocycles. The molecule has 1 aromatic carbocycles. The van der Waals surface area contributed by atoms with Crippen LogP contribution in [0.3, 0.4) is 0 Å². The molecule has 0 radical (unpaired) electrons. The Morgan fingerprint density at radius 3 is 2.71 bits per heavy atom. The molecule has 3 nitrogen and oxygen atoms in total. The fourth-order valence-electron chi connectivity index (χ4n) is 1.81. The van der Waals surface area contributed by atoms with Gasteiger partial charge in [0.2, 0.25) is 0 Å². The highest BCUT2D eigenvalue weighted by Crippen LogP contribution is 2.32. The van der Waals surface area contributed by atoms with E-state index < -0.39 is 11.4 Å². The van der Waals surface area contributed by atoms with Crippen molar-refractivity contribution in [3.63, 3.8) is 0 Å². The fraction of sp³-hybridized carbons (Fsp3) is 0.625. The molecule has 5 heteroatoms. The van der Waals surface area contributed by atoms with E-state index in [1.165, 1.54) is 12.8 Å². The minimum absolute atomic E-state index is 0.238. The zero-order valence-corrected chi connectivity index (χ0v) is 14.5. The average molecular weight is 330 g/mol.